The summed E-state index contributed by atoms with van der Waals surface area (Å²) < 4.78 is 2.21. The van der Waals surface area contributed by atoms with Crippen LogP contribution in [0.3, 0.4) is 0 Å². The Kier molecular flexibility index (Phi) is 9.13. The summed E-state index contributed by atoms with van der Waals surface area (Å²) in [5.74, 6) is -3.04. The molecule has 1 N–H and O–H groups in total. The summed E-state index contributed by atoms with van der Waals surface area (Å²) in [5.41, 5.74) is 5.05. The lowest BCUT2D eigenvalue weighted by Crippen LogP contribution is -2.33. The first kappa shape index (κ1) is 24.9. The highest BCUT2D eigenvalue weighted by Gasteiger charge is 2.26. The van der Waals surface area contributed by atoms with Crippen LogP contribution in [0.15, 0.2) is 45.3 Å². The van der Waals surface area contributed by atoms with Crippen molar-refractivity contribution in [1.82, 2.24) is 0 Å². The quantitative estimate of drug-likeness (QED) is 0.553. The van der Waals surface area contributed by atoms with E-state index >= 15 is 0 Å². The number of nitrogens with zero attached hydrogens (tertiary/aromatic N) is 1. The van der Waals surface area contributed by atoms with Gasteiger partial charge >= 0.3 is 5.97 Å². The second kappa shape index (κ2) is 11.3. The third-order valence-corrected chi connectivity index (χ3v) is 5.83. The fraction of sp³-hybridized carbons (Fsp3) is 0.304. The standard InChI is InChI=1S/C11H10BrNO2.C9H9Br.C3H4O3/c1-7(14)11(15)13-5-4-8-6-9(12)2-3-10(8)13;10-9-5-4-7-2-1-3-8(7)6-9;1-2(4)3(5)6/h2-3,6H,4-5H2,1H3;4-6H,1-3H2;1H3,(H,5,6). The van der Waals surface area contributed by atoms with Gasteiger partial charge in [-0.15, -0.1) is 0 Å². The lowest BCUT2D eigenvalue weighted by Gasteiger charge is -2.15. The van der Waals surface area contributed by atoms with E-state index in [1.54, 1.807) is 10.5 Å². The Morgan fingerprint density at radius 3 is 1.94 bits per heavy atom. The number of carbonyl (C=O) groups is 4. The fourth-order valence-electron chi connectivity index (χ4n) is 3.31. The first-order valence-electron chi connectivity index (χ1n) is 9.72. The number of hydrogen-bond acceptors (Lipinski definition) is 4. The molecule has 1 amide bonds. The van der Waals surface area contributed by atoms with Crippen molar-refractivity contribution in [2.75, 3.05) is 11.4 Å². The molecule has 164 valence electrons. The summed E-state index contributed by atoms with van der Waals surface area (Å²) in [7, 11) is 0. The number of aliphatic carboxylic acids is 1. The van der Waals surface area contributed by atoms with Gasteiger partial charge in [0.1, 0.15) is 0 Å². The number of anilines is 1. The molecule has 1 heterocycles. The normalized spacial score (nSPS) is 13.1. The van der Waals surface area contributed by atoms with Crippen molar-refractivity contribution in [3.63, 3.8) is 0 Å². The smallest absolute Gasteiger partial charge is 0.371 e. The number of ketones is 2. The molecular weight excluding hydrogens is 530 g/mol. The topological polar surface area (TPSA) is 91.8 Å². The van der Waals surface area contributed by atoms with Crippen molar-refractivity contribution in [3.8, 4) is 0 Å². The minimum Gasteiger partial charge on any atom is -0.476 e. The third kappa shape index (κ3) is 7.11. The van der Waals surface area contributed by atoms with Crippen molar-refractivity contribution >= 4 is 61.0 Å². The summed E-state index contributed by atoms with van der Waals surface area (Å²) in [6, 6.07) is 12.3. The molecule has 0 saturated heterocycles. The Morgan fingerprint density at radius 1 is 0.806 bits per heavy atom. The molecule has 4 rings (SSSR count). The highest BCUT2D eigenvalue weighted by atomic mass is 79.9. The maximum absolute atomic E-state index is 11.6. The number of Topliss-reactive ketones (excluding diaryl/α,β-unsaturated/α-hetero) is 2. The molecule has 2 aromatic carbocycles. The predicted molar refractivity (Wildman–Crippen MR) is 125 cm³/mol. The highest BCUT2D eigenvalue weighted by Crippen LogP contribution is 2.30. The Labute approximate surface area is 197 Å². The summed E-state index contributed by atoms with van der Waals surface area (Å²) in [6.07, 6.45) is 4.71. The van der Waals surface area contributed by atoms with Crippen LogP contribution in [0, 0.1) is 0 Å². The first-order chi connectivity index (χ1) is 14.6. The van der Waals surface area contributed by atoms with Crippen LogP contribution in [-0.4, -0.2) is 35.1 Å². The Bertz CT molecular complexity index is 1010. The van der Waals surface area contributed by atoms with E-state index in [0.717, 1.165) is 29.1 Å². The van der Waals surface area contributed by atoms with Gasteiger partial charge in [-0.2, -0.15) is 0 Å². The molecule has 0 radical (unpaired) electrons. The van der Waals surface area contributed by atoms with Gasteiger partial charge in [-0.3, -0.25) is 14.4 Å². The van der Waals surface area contributed by atoms with Gasteiger partial charge < -0.3 is 10.0 Å². The van der Waals surface area contributed by atoms with E-state index in [0.29, 0.717) is 6.54 Å². The van der Waals surface area contributed by atoms with Crippen LogP contribution in [0.5, 0.6) is 0 Å². The van der Waals surface area contributed by atoms with Gasteiger partial charge in [0.2, 0.25) is 11.6 Å². The van der Waals surface area contributed by atoms with Gasteiger partial charge in [0, 0.05) is 35.0 Å². The maximum Gasteiger partial charge on any atom is 0.371 e. The Hall–Kier alpha value is -2.32. The first-order valence-corrected chi connectivity index (χ1v) is 11.3. The van der Waals surface area contributed by atoms with Crippen LogP contribution in [0.4, 0.5) is 5.69 Å². The number of halogens is 2. The highest BCUT2D eigenvalue weighted by molar-refractivity contribution is 9.10. The number of benzene rings is 2. The summed E-state index contributed by atoms with van der Waals surface area (Å²) in [6.45, 7) is 2.91. The van der Waals surface area contributed by atoms with E-state index in [1.807, 2.05) is 18.2 Å². The van der Waals surface area contributed by atoms with Crippen LogP contribution in [-0.2, 0) is 38.4 Å². The molecule has 2 aromatic rings. The monoisotopic (exact) mass is 551 g/mol. The largest absolute Gasteiger partial charge is 0.476 e. The van der Waals surface area contributed by atoms with Crippen LogP contribution in [0.25, 0.3) is 0 Å². The molecule has 0 saturated carbocycles. The van der Waals surface area contributed by atoms with Crippen LogP contribution in [0.1, 0.15) is 37.0 Å². The number of aryl methyl sites for hydroxylation is 2. The Morgan fingerprint density at radius 2 is 1.35 bits per heavy atom. The van der Waals surface area contributed by atoms with Gasteiger partial charge in [-0.05, 0) is 72.7 Å². The number of hydrogen-bond donors (Lipinski definition) is 1. The molecule has 0 atom stereocenters. The van der Waals surface area contributed by atoms with Gasteiger partial charge in [-0.1, -0.05) is 37.9 Å². The number of rotatable bonds is 2. The minimum atomic E-state index is -1.38. The average Bonchev–Trinajstić information content (AvgIpc) is 3.34. The van der Waals surface area contributed by atoms with E-state index < -0.39 is 23.4 Å². The Balaban J connectivity index is 0.000000184. The zero-order valence-corrected chi connectivity index (χ0v) is 20.5. The van der Waals surface area contributed by atoms with Gasteiger partial charge in [-0.25, -0.2) is 4.79 Å². The molecule has 8 heteroatoms. The molecule has 6 nitrogen and oxygen atoms in total. The zero-order chi connectivity index (χ0) is 23.1. The molecule has 2 aliphatic rings. The average molecular weight is 553 g/mol. The molecule has 1 aliphatic heterocycles. The van der Waals surface area contributed by atoms with E-state index in [9.17, 15) is 19.2 Å². The lowest BCUT2D eigenvalue weighted by atomic mass is 10.1. The molecule has 1 aliphatic carbocycles. The van der Waals surface area contributed by atoms with Crippen molar-refractivity contribution < 1.29 is 24.3 Å². The summed E-state index contributed by atoms with van der Waals surface area (Å²) in [5, 5.41) is 7.64. The summed E-state index contributed by atoms with van der Waals surface area (Å²) >= 11 is 6.85. The predicted octanol–water partition coefficient (Wildman–Crippen LogP) is 4.53. The van der Waals surface area contributed by atoms with Gasteiger partial charge in [0.05, 0.1) is 0 Å². The van der Waals surface area contributed by atoms with Gasteiger partial charge in [0.25, 0.3) is 5.91 Å². The van der Waals surface area contributed by atoms with Crippen LogP contribution < -0.4 is 4.90 Å². The van der Waals surface area contributed by atoms with Crippen molar-refractivity contribution in [1.29, 1.82) is 0 Å². The van der Waals surface area contributed by atoms with E-state index in [-0.39, 0.29) is 0 Å². The van der Waals surface area contributed by atoms with E-state index in [1.165, 1.54) is 36.2 Å². The number of amides is 1. The van der Waals surface area contributed by atoms with E-state index in [2.05, 4.69) is 50.1 Å². The fourth-order valence-corrected chi connectivity index (χ4v) is 4.13. The number of fused-ring (bicyclic) bond motifs is 2. The lowest BCUT2D eigenvalue weighted by molar-refractivity contribution is -0.148. The van der Waals surface area contributed by atoms with Gasteiger partial charge in [0.15, 0.2) is 0 Å². The minimum absolute atomic E-state index is 0.411. The van der Waals surface area contributed by atoms with Crippen molar-refractivity contribution in [2.24, 2.45) is 0 Å². The third-order valence-electron chi connectivity index (χ3n) is 4.85. The van der Waals surface area contributed by atoms with Crippen molar-refractivity contribution in [2.45, 2.75) is 39.5 Å². The molecular formula is C23H23Br2NO5. The van der Waals surface area contributed by atoms with E-state index in [4.69, 9.17) is 5.11 Å². The molecule has 0 unspecified atom stereocenters. The number of carboxylic acid groups (broad SMARTS) is 1. The van der Waals surface area contributed by atoms with Crippen LogP contribution in [0.2, 0.25) is 0 Å². The molecule has 0 bridgehead atoms. The molecule has 0 spiro atoms. The molecule has 0 fully saturated rings. The second-order valence-electron chi connectivity index (χ2n) is 7.16. The SMILES string of the molecule is Brc1ccc2c(c1)CCC2.CC(=O)C(=O)N1CCc2cc(Br)ccc21.CC(=O)C(=O)O. The zero-order valence-electron chi connectivity index (χ0n) is 17.3. The summed E-state index contributed by atoms with van der Waals surface area (Å²) in [4.78, 5) is 43.0. The molecule has 31 heavy (non-hydrogen) atoms. The maximum atomic E-state index is 11.6. The number of carboxylic acids is 1. The van der Waals surface area contributed by atoms with Crippen LogP contribution >= 0.6 is 31.9 Å². The molecule has 0 aromatic heterocycles. The number of carbonyl (C=O) groups excluding carboxylic acids is 3. The second-order valence-corrected chi connectivity index (χ2v) is 9.00. The van der Waals surface area contributed by atoms with Crippen molar-refractivity contribution in [3.05, 3.63) is 62.0 Å².